The molecule has 2 aromatic rings. The van der Waals surface area contributed by atoms with Crippen molar-refractivity contribution >= 4 is 17.5 Å². The van der Waals surface area contributed by atoms with Gasteiger partial charge in [-0.3, -0.25) is 4.79 Å². The van der Waals surface area contributed by atoms with Crippen LogP contribution in [0.25, 0.3) is 0 Å². The molecule has 0 aliphatic carbocycles. The molecule has 0 saturated carbocycles. The maximum Gasteiger partial charge on any atom is 0.224 e. The number of ether oxygens (including phenoxy) is 1. The average Bonchev–Trinajstić information content (AvgIpc) is 3.12. The van der Waals surface area contributed by atoms with E-state index in [1.165, 1.54) is 0 Å². The van der Waals surface area contributed by atoms with E-state index in [9.17, 15) is 4.79 Å². The maximum atomic E-state index is 12.0. The molecule has 2 heterocycles. The van der Waals surface area contributed by atoms with Gasteiger partial charge < -0.3 is 14.6 Å². The molecule has 0 radical (unpaired) electrons. The summed E-state index contributed by atoms with van der Waals surface area (Å²) in [5.41, 5.74) is 0. The average molecular weight is 335 g/mol. The normalized spacial score (nSPS) is 14.3. The third-order valence-electron chi connectivity index (χ3n) is 3.81. The zero-order chi connectivity index (χ0) is 16.2. The Kier molecular flexibility index (Phi) is 4.81. The molecule has 7 heteroatoms. The Morgan fingerprint density at radius 2 is 2.17 bits per heavy atom. The van der Waals surface area contributed by atoms with E-state index in [4.69, 9.17) is 16.3 Å². The Morgan fingerprint density at radius 3 is 2.96 bits per heavy atom. The Balaban J connectivity index is 1.46. The van der Waals surface area contributed by atoms with Gasteiger partial charge in [0.05, 0.1) is 19.1 Å². The topological polar surface area (TPSA) is 69.0 Å². The van der Waals surface area contributed by atoms with Gasteiger partial charge in [-0.1, -0.05) is 11.6 Å². The van der Waals surface area contributed by atoms with E-state index in [2.05, 4.69) is 20.1 Å². The van der Waals surface area contributed by atoms with Crippen molar-refractivity contribution in [2.24, 2.45) is 0 Å². The van der Waals surface area contributed by atoms with E-state index < -0.39 is 0 Å². The van der Waals surface area contributed by atoms with Gasteiger partial charge in [-0.05, 0) is 37.6 Å². The van der Waals surface area contributed by atoms with Crippen LogP contribution in [-0.4, -0.2) is 27.3 Å². The molecule has 1 aromatic heterocycles. The highest BCUT2D eigenvalue weighted by Gasteiger charge is 2.22. The van der Waals surface area contributed by atoms with Gasteiger partial charge in [0.1, 0.15) is 11.6 Å². The van der Waals surface area contributed by atoms with Crippen LogP contribution < -0.4 is 10.1 Å². The first-order valence-corrected chi connectivity index (χ1v) is 8.11. The van der Waals surface area contributed by atoms with Crippen LogP contribution in [0, 0.1) is 0 Å². The Hall–Kier alpha value is -2.08. The minimum absolute atomic E-state index is 0.0678. The van der Waals surface area contributed by atoms with Crippen LogP contribution in [0.2, 0.25) is 5.02 Å². The number of nitrogens with zero attached hydrogens (tertiary/aromatic N) is 3. The molecule has 1 N–H and O–H groups in total. The highest BCUT2D eigenvalue weighted by molar-refractivity contribution is 6.30. The molecule has 1 aliphatic rings. The lowest BCUT2D eigenvalue weighted by Gasteiger charge is -2.14. The molecule has 0 saturated heterocycles. The third-order valence-corrected chi connectivity index (χ3v) is 4.07. The van der Waals surface area contributed by atoms with Crippen molar-refractivity contribution in [3.63, 3.8) is 0 Å². The molecule has 1 aliphatic heterocycles. The minimum Gasteiger partial charge on any atom is -0.493 e. The summed E-state index contributed by atoms with van der Waals surface area (Å²) in [6.07, 6.45) is 2.34. The van der Waals surface area contributed by atoms with Gasteiger partial charge in [-0.2, -0.15) is 0 Å². The summed E-state index contributed by atoms with van der Waals surface area (Å²) in [5, 5.41) is 11.9. The number of halogens is 1. The highest BCUT2D eigenvalue weighted by Crippen LogP contribution is 2.19. The summed E-state index contributed by atoms with van der Waals surface area (Å²) >= 11 is 5.81. The van der Waals surface area contributed by atoms with Crippen LogP contribution in [0.3, 0.4) is 0 Å². The fraction of sp³-hybridized carbons (Fsp3) is 0.438. The van der Waals surface area contributed by atoms with Crippen molar-refractivity contribution < 1.29 is 9.53 Å². The number of nitrogens with one attached hydrogen (secondary N) is 1. The Morgan fingerprint density at radius 1 is 1.39 bits per heavy atom. The quantitative estimate of drug-likeness (QED) is 0.881. The van der Waals surface area contributed by atoms with Gasteiger partial charge in [0.15, 0.2) is 5.82 Å². The number of benzene rings is 1. The predicted octanol–water partition coefficient (Wildman–Crippen LogP) is 2.52. The monoisotopic (exact) mass is 334 g/mol. The van der Waals surface area contributed by atoms with Gasteiger partial charge in [0.2, 0.25) is 5.91 Å². The molecule has 1 atom stereocenters. The molecule has 0 spiro atoms. The highest BCUT2D eigenvalue weighted by atomic mass is 35.5. The van der Waals surface area contributed by atoms with Crippen LogP contribution in [-0.2, 0) is 17.8 Å². The molecule has 23 heavy (non-hydrogen) atoms. The van der Waals surface area contributed by atoms with Gasteiger partial charge in [-0.15, -0.1) is 10.2 Å². The molecular formula is C16H19ClN4O2. The predicted molar refractivity (Wildman–Crippen MR) is 86.5 cm³/mol. The zero-order valence-corrected chi connectivity index (χ0v) is 13.7. The number of fused-ring (bicyclic) bond motifs is 1. The van der Waals surface area contributed by atoms with Crippen LogP contribution in [0.15, 0.2) is 24.3 Å². The Labute approximate surface area is 139 Å². The molecule has 3 rings (SSSR count). The number of hydrogen-bond donors (Lipinski definition) is 1. The van der Waals surface area contributed by atoms with E-state index in [-0.39, 0.29) is 18.4 Å². The van der Waals surface area contributed by atoms with Crippen molar-refractivity contribution in [2.45, 2.75) is 38.8 Å². The van der Waals surface area contributed by atoms with Gasteiger partial charge in [0, 0.05) is 18.0 Å². The van der Waals surface area contributed by atoms with Crippen molar-refractivity contribution in [3.05, 3.63) is 40.9 Å². The summed E-state index contributed by atoms with van der Waals surface area (Å²) in [7, 11) is 0. The summed E-state index contributed by atoms with van der Waals surface area (Å²) in [4.78, 5) is 12.0. The summed E-state index contributed by atoms with van der Waals surface area (Å²) in [5.74, 6) is 2.46. The first kappa shape index (κ1) is 15.8. The van der Waals surface area contributed by atoms with Crippen molar-refractivity contribution in [3.8, 4) is 5.75 Å². The molecular weight excluding hydrogens is 316 g/mol. The van der Waals surface area contributed by atoms with Gasteiger partial charge >= 0.3 is 0 Å². The van der Waals surface area contributed by atoms with Crippen molar-refractivity contribution in [2.75, 3.05) is 6.61 Å². The number of amides is 1. The second kappa shape index (κ2) is 7.00. The second-order valence-electron chi connectivity index (χ2n) is 5.57. The third kappa shape index (κ3) is 3.82. The first-order valence-electron chi connectivity index (χ1n) is 7.73. The van der Waals surface area contributed by atoms with Gasteiger partial charge in [0.25, 0.3) is 0 Å². The number of rotatable bonds is 6. The van der Waals surface area contributed by atoms with E-state index in [1.54, 1.807) is 24.3 Å². The van der Waals surface area contributed by atoms with Gasteiger partial charge in [-0.25, -0.2) is 0 Å². The summed E-state index contributed by atoms with van der Waals surface area (Å²) in [6, 6.07) is 6.91. The molecule has 0 bridgehead atoms. The van der Waals surface area contributed by atoms with E-state index >= 15 is 0 Å². The molecule has 0 fully saturated rings. The van der Waals surface area contributed by atoms with E-state index in [1.807, 2.05) is 6.92 Å². The largest absolute Gasteiger partial charge is 0.493 e. The lowest BCUT2D eigenvalue weighted by atomic mass is 10.3. The molecule has 1 aromatic carbocycles. The number of aromatic nitrogens is 3. The van der Waals surface area contributed by atoms with Crippen LogP contribution in [0.1, 0.15) is 37.5 Å². The molecule has 1 amide bonds. The molecule has 1 unspecified atom stereocenters. The SMILES string of the molecule is CC(NC(=O)CCOc1ccc(Cl)cc1)c1nnc2n1CCC2. The van der Waals surface area contributed by atoms with E-state index in [0.717, 1.165) is 31.0 Å². The Bertz CT molecular complexity index is 684. The lowest BCUT2D eigenvalue weighted by molar-refractivity contribution is -0.122. The van der Waals surface area contributed by atoms with Crippen molar-refractivity contribution in [1.82, 2.24) is 20.1 Å². The number of carbonyl (C=O) groups is 1. The van der Waals surface area contributed by atoms with Crippen molar-refractivity contribution in [1.29, 1.82) is 0 Å². The summed E-state index contributed by atoms with van der Waals surface area (Å²) in [6.45, 7) is 3.17. The smallest absolute Gasteiger partial charge is 0.224 e. The molecule has 122 valence electrons. The van der Waals surface area contributed by atoms with Crippen LogP contribution in [0.5, 0.6) is 5.75 Å². The second-order valence-corrected chi connectivity index (χ2v) is 6.01. The van der Waals surface area contributed by atoms with Crippen LogP contribution >= 0.6 is 11.6 Å². The molecule has 6 nitrogen and oxygen atoms in total. The lowest BCUT2D eigenvalue weighted by Crippen LogP contribution is -2.29. The number of hydrogen-bond acceptors (Lipinski definition) is 4. The fourth-order valence-corrected chi connectivity index (χ4v) is 2.79. The van der Waals surface area contributed by atoms with Crippen LogP contribution in [0.4, 0.5) is 0 Å². The van der Waals surface area contributed by atoms with E-state index in [0.29, 0.717) is 17.4 Å². The maximum absolute atomic E-state index is 12.0. The first-order chi connectivity index (χ1) is 11.1. The number of carbonyl (C=O) groups excluding carboxylic acids is 1. The minimum atomic E-state index is -0.155. The standard InChI is InChI=1S/C16H19ClN4O2/c1-11(16-20-19-14-3-2-9-21(14)16)18-15(22)8-10-23-13-6-4-12(17)5-7-13/h4-7,11H,2-3,8-10H2,1H3,(H,18,22). The fourth-order valence-electron chi connectivity index (χ4n) is 2.66. The zero-order valence-electron chi connectivity index (χ0n) is 13.0. The number of aryl methyl sites for hydroxylation is 1. The summed E-state index contributed by atoms with van der Waals surface area (Å²) < 4.78 is 7.62.